The number of aliphatic hydroxyl groups excluding tert-OH is 2. The standard InChI is InChI=1S/C20H20ClFN4O3S/c1-19(15-6-20(15,9-28)30-18(23)26-19)13-5-12(4-10(8-27)16(13)22)25-17(29)14-3-2-11(21)7-24-14/h2-5,7,15,27-28H,6,8-9H2,1H3,(H2,23,26)(H,25,29)/t15-,19+,20+/m0/s1. The van der Waals surface area contributed by atoms with E-state index in [9.17, 15) is 15.0 Å². The lowest BCUT2D eigenvalue weighted by molar-refractivity contribution is 0.102. The Bertz CT molecular complexity index is 1050. The van der Waals surface area contributed by atoms with Crippen molar-refractivity contribution >= 4 is 40.1 Å². The van der Waals surface area contributed by atoms with Gasteiger partial charge in [0.2, 0.25) is 0 Å². The van der Waals surface area contributed by atoms with Crippen LogP contribution in [0.5, 0.6) is 0 Å². The van der Waals surface area contributed by atoms with E-state index in [1.807, 2.05) is 0 Å². The number of amides is 1. The van der Waals surface area contributed by atoms with E-state index in [-0.39, 0.29) is 34.5 Å². The zero-order valence-electron chi connectivity index (χ0n) is 16.0. The summed E-state index contributed by atoms with van der Waals surface area (Å²) in [5.41, 5.74) is 5.62. The van der Waals surface area contributed by atoms with E-state index in [0.29, 0.717) is 17.1 Å². The fraction of sp³-hybridized carbons (Fsp3) is 0.350. The maximum Gasteiger partial charge on any atom is 0.274 e. The largest absolute Gasteiger partial charge is 0.395 e. The summed E-state index contributed by atoms with van der Waals surface area (Å²) >= 11 is 7.11. The molecule has 1 fully saturated rings. The van der Waals surface area contributed by atoms with Gasteiger partial charge in [-0.2, -0.15) is 0 Å². The second-order valence-electron chi connectivity index (χ2n) is 7.65. The summed E-state index contributed by atoms with van der Waals surface area (Å²) in [6, 6.07) is 5.88. The van der Waals surface area contributed by atoms with Crippen LogP contribution in [0.4, 0.5) is 10.1 Å². The number of aliphatic imine (C=N–C) groups is 1. The van der Waals surface area contributed by atoms with Crippen molar-refractivity contribution in [1.29, 1.82) is 0 Å². The molecule has 0 saturated heterocycles. The Morgan fingerprint density at radius 3 is 2.83 bits per heavy atom. The Balaban J connectivity index is 1.73. The number of anilines is 1. The molecule has 2 aliphatic rings. The van der Waals surface area contributed by atoms with Crippen molar-refractivity contribution in [3.05, 3.63) is 58.1 Å². The zero-order chi connectivity index (χ0) is 21.7. The number of amidine groups is 1. The number of rotatable bonds is 5. The summed E-state index contributed by atoms with van der Waals surface area (Å²) in [6.45, 7) is 1.11. The van der Waals surface area contributed by atoms with Crippen molar-refractivity contribution < 1.29 is 19.4 Å². The van der Waals surface area contributed by atoms with E-state index in [0.717, 1.165) is 0 Å². The Labute approximate surface area is 181 Å². The Morgan fingerprint density at radius 2 is 2.20 bits per heavy atom. The summed E-state index contributed by atoms with van der Waals surface area (Å²) < 4.78 is 14.8. The zero-order valence-corrected chi connectivity index (χ0v) is 17.6. The van der Waals surface area contributed by atoms with Gasteiger partial charge in [0.15, 0.2) is 5.17 Å². The third kappa shape index (κ3) is 3.45. The molecule has 2 heterocycles. The Morgan fingerprint density at radius 1 is 1.43 bits per heavy atom. The first-order valence-corrected chi connectivity index (χ1v) is 10.4. The minimum atomic E-state index is -1.04. The highest BCUT2D eigenvalue weighted by atomic mass is 35.5. The minimum absolute atomic E-state index is 0.0235. The van der Waals surface area contributed by atoms with Crippen LogP contribution in [0.25, 0.3) is 0 Å². The van der Waals surface area contributed by atoms with Crippen molar-refractivity contribution in [1.82, 2.24) is 4.98 Å². The topological polar surface area (TPSA) is 121 Å². The van der Waals surface area contributed by atoms with E-state index in [1.165, 1.54) is 36.2 Å². The molecule has 5 N–H and O–H groups in total. The molecule has 0 spiro atoms. The number of carbonyl (C=O) groups is 1. The van der Waals surface area contributed by atoms with Crippen molar-refractivity contribution in [2.24, 2.45) is 16.6 Å². The smallest absolute Gasteiger partial charge is 0.274 e. The molecule has 0 unspecified atom stereocenters. The van der Waals surface area contributed by atoms with Crippen LogP contribution >= 0.6 is 23.4 Å². The van der Waals surface area contributed by atoms with Crippen molar-refractivity contribution in [3.63, 3.8) is 0 Å². The van der Waals surface area contributed by atoms with Gasteiger partial charge in [-0.3, -0.25) is 9.79 Å². The molecule has 1 aliphatic heterocycles. The molecule has 1 aliphatic carbocycles. The molecular formula is C20H20ClFN4O3S. The molecule has 2 aromatic rings. The van der Waals surface area contributed by atoms with Crippen LogP contribution in [0.1, 0.15) is 35.0 Å². The molecule has 1 aromatic carbocycles. The van der Waals surface area contributed by atoms with Crippen molar-refractivity contribution in [2.45, 2.75) is 30.2 Å². The third-order valence-corrected chi connectivity index (χ3v) is 7.21. The van der Waals surface area contributed by atoms with Gasteiger partial charge < -0.3 is 21.3 Å². The van der Waals surface area contributed by atoms with Gasteiger partial charge in [0.05, 0.1) is 28.5 Å². The quantitative estimate of drug-likeness (QED) is 0.555. The molecule has 158 valence electrons. The summed E-state index contributed by atoms with van der Waals surface area (Å²) in [5, 5.41) is 22.9. The summed E-state index contributed by atoms with van der Waals surface area (Å²) in [5.74, 6) is -1.24. The van der Waals surface area contributed by atoms with Gasteiger partial charge in [-0.05, 0) is 37.6 Å². The lowest BCUT2D eigenvalue weighted by Gasteiger charge is -2.34. The molecule has 7 nitrogen and oxygen atoms in total. The SMILES string of the molecule is C[C@]1(c2cc(NC(=O)c3ccc(Cl)cn3)cc(CO)c2F)N=C(N)S[C@@]2(CO)C[C@H]21. The van der Waals surface area contributed by atoms with Crippen LogP contribution in [0.2, 0.25) is 5.02 Å². The van der Waals surface area contributed by atoms with Gasteiger partial charge in [-0.25, -0.2) is 9.37 Å². The number of halogens is 2. The number of nitrogens with two attached hydrogens (primary N) is 1. The number of thioether (sulfide) groups is 1. The number of carbonyl (C=O) groups excluding carboxylic acids is 1. The van der Waals surface area contributed by atoms with E-state index in [4.69, 9.17) is 17.3 Å². The monoisotopic (exact) mass is 450 g/mol. The highest BCUT2D eigenvalue weighted by Gasteiger charge is 2.66. The molecular weight excluding hydrogens is 431 g/mol. The number of nitrogens with zero attached hydrogens (tertiary/aromatic N) is 2. The van der Waals surface area contributed by atoms with Gasteiger partial charge >= 0.3 is 0 Å². The molecule has 0 radical (unpaired) electrons. The summed E-state index contributed by atoms with van der Waals surface area (Å²) in [6.07, 6.45) is 1.99. The first-order valence-electron chi connectivity index (χ1n) is 9.24. The number of pyridine rings is 1. The van der Waals surface area contributed by atoms with E-state index in [1.54, 1.807) is 13.0 Å². The van der Waals surface area contributed by atoms with Gasteiger partial charge in [0.25, 0.3) is 5.91 Å². The van der Waals surface area contributed by atoms with Crippen molar-refractivity contribution in [2.75, 3.05) is 11.9 Å². The Kier molecular flexibility index (Phi) is 5.26. The fourth-order valence-corrected chi connectivity index (χ4v) is 5.50. The minimum Gasteiger partial charge on any atom is -0.395 e. The normalized spacial score (nSPS) is 27.2. The van der Waals surface area contributed by atoms with Crippen molar-refractivity contribution in [3.8, 4) is 0 Å². The number of nitrogens with one attached hydrogen (secondary N) is 1. The van der Waals surface area contributed by atoms with Gasteiger partial charge in [0.1, 0.15) is 11.5 Å². The summed E-state index contributed by atoms with van der Waals surface area (Å²) in [7, 11) is 0. The predicted molar refractivity (Wildman–Crippen MR) is 114 cm³/mol. The lowest BCUT2D eigenvalue weighted by atomic mass is 9.84. The number of aliphatic hydroxyl groups is 2. The molecule has 1 aromatic heterocycles. The first-order chi connectivity index (χ1) is 14.2. The number of benzene rings is 1. The van der Waals surface area contributed by atoms with Crippen LogP contribution in [0.15, 0.2) is 35.5 Å². The number of hydrogen-bond donors (Lipinski definition) is 4. The van der Waals surface area contributed by atoms with E-state index >= 15 is 4.39 Å². The second kappa shape index (κ2) is 7.49. The van der Waals surface area contributed by atoms with Crippen LogP contribution in [-0.2, 0) is 12.1 Å². The van der Waals surface area contributed by atoms with Gasteiger partial charge in [-0.15, -0.1) is 0 Å². The highest BCUT2D eigenvalue weighted by molar-refractivity contribution is 8.15. The maximum atomic E-state index is 15.3. The predicted octanol–water partition coefficient (Wildman–Crippen LogP) is 2.65. The molecule has 1 saturated carbocycles. The van der Waals surface area contributed by atoms with Crippen LogP contribution in [0.3, 0.4) is 0 Å². The second-order valence-corrected chi connectivity index (χ2v) is 9.52. The average molecular weight is 451 g/mol. The average Bonchev–Trinajstić information content (AvgIpc) is 3.45. The van der Waals surface area contributed by atoms with Crippen LogP contribution in [-0.4, -0.2) is 37.6 Å². The molecule has 1 amide bonds. The van der Waals surface area contributed by atoms with Gasteiger partial charge in [-0.1, -0.05) is 23.4 Å². The number of hydrogen-bond acceptors (Lipinski definition) is 7. The lowest BCUT2D eigenvalue weighted by Crippen LogP contribution is -2.37. The highest BCUT2D eigenvalue weighted by Crippen LogP contribution is 2.65. The molecule has 0 bridgehead atoms. The van der Waals surface area contributed by atoms with Crippen LogP contribution < -0.4 is 11.1 Å². The Hall–Kier alpha value is -2.20. The van der Waals surface area contributed by atoms with E-state index in [2.05, 4.69) is 15.3 Å². The molecule has 10 heteroatoms. The molecule has 3 atom stereocenters. The summed E-state index contributed by atoms with van der Waals surface area (Å²) in [4.78, 5) is 21.0. The number of aromatic nitrogens is 1. The first kappa shape index (κ1) is 21.0. The molecule has 4 rings (SSSR count). The number of fused-ring (bicyclic) bond motifs is 1. The maximum absolute atomic E-state index is 15.3. The third-order valence-electron chi connectivity index (χ3n) is 5.70. The fourth-order valence-electron chi connectivity index (χ4n) is 4.05. The molecule has 30 heavy (non-hydrogen) atoms. The van der Waals surface area contributed by atoms with Gasteiger partial charge in [0, 0.05) is 28.9 Å². The van der Waals surface area contributed by atoms with E-state index < -0.39 is 28.6 Å². The van der Waals surface area contributed by atoms with Crippen LogP contribution in [0, 0.1) is 11.7 Å².